The molecule has 0 fully saturated rings. The van der Waals surface area contributed by atoms with Gasteiger partial charge in [-0.15, -0.1) is 0 Å². The maximum atomic E-state index is 11.3. The Morgan fingerprint density at radius 3 is 2.58 bits per heavy atom. The van der Waals surface area contributed by atoms with E-state index in [1.807, 2.05) is 19.1 Å². The largest absolute Gasteiger partial charge is 0.456 e. The molecule has 0 radical (unpaired) electrons. The number of amides is 1. The molecule has 0 unspecified atom stereocenters. The monoisotopic (exact) mass is 320 g/mol. The van der Waals surface area contributed by atoms with Gasteiger partial charge in [0.25, 0.3) is 5.91 Å². The van der Waals surface area contributed by atoms with Crippen LogP contribution >= 0.6 is 15.9 Å². The fourth-order valence-electron chi connectivity index (χ4n) is 1.63. The molecule has 0 bridgehead atoms. The molecule has 0 aliphatic heterocycles. The van der Waals surface area contributed by atoms with Gasteiger partial charge in [-0.2, -0.15) is 0 Å². The highest BCUT2D eigenvalue weighted by molar-refractivity contribution is 9.10. The maximum Gasteiger partial charge on any atom is 0.252 e. The third-order valence-electron chi connectivity index (χ3n) is 2.63. The number of carbonyl (C=O) groups is 1. The summed E-state index contributed by atoms with van der Waals surface area (Å²) in [6.07, 6.45) is 0. The molecule has 0 aliphatic carbocycles. The lowest BCUT2D eigenvalue weighted by Crippen LogP contribution is -2.12. The van der Waals surface area contributed by atoms with E-state index in [0.717, 1.165) is 10.0 Å². The molecule has 19 heavy (non-hydrogen) atoms. The molecule has 0 saturated carbocycles. The Morgan fingerprint density at radius 2 is 1.95 bits per heavy atom. The van der Waals surface area contributed by atoms with Crippen LogP contribution in [0.2, 0.25) is 0 Å². The number of hydrogen-bond acceptors (Lipinski definition) is 3. The van der Waals surface area contributed by atoms with E-state index in [2.05, 4.69) is 15.9 Å². The smallest absolute Gasteiger partial charge is 0.252 e. The molecule has 4 N–H and O–H groups in total. The van der Waals surface area contributed by atoms with Crippen LogP contribution in [-0.2, 0) is 0 Å². The fraction of sp³-hybridized carbons (Fsp3) is 0.0714. The summed E-state index contributed by atoms with van der Waals surface area (Å²) in [6, 6.07) is 10.3. The van der Waals surface area contributed by atoms with Gasteiger partial charge in [-0.3, -0.25) is 4.79 Å². The molecule has 0 aromatic heterocycles. The lowest BCUT2D eigenvalue weighted by atomic mass is 10.1. The zero-order valence-corrected chi connectivity index (χ0v) is 11.9. The van der Waals surface area contributed by atoms with E-state index in [1.165, 1.54) is 0 Å². The summed E-state index contributed by atoms with van der Waals surface area (Å²) in [6.45, 7) is 1.95. The molecule has 0 spiro atoms. The van der Waals surface area contributed by atoms with Crippen molar-refractivity contribution in [2.75, 3.05) is 5.73 Å². The second kappa shape index (κ2) is 5.32. The van der Waals surface area contributed by atoms with Crippen molar-refractivity contribution in [1.29, 1.82) is 0 Å². The average molecular weight is 321 g/mol. The summed E-state index contributed by atoms with van der Waals surface area (Å²) in [7, 11) is 0. The number of primary amides is 1. The molecule has 0 heterocycles. The van der Waals surface area contributed by atoms with Gasteiger partial charge in [0.15, 0.2) is 0 Å². The Kier molecular flexibility index (Phi) is 3.76. The van der Waals surface area contributed by atoms with Crippen molar-refractivity contribution in [2.45, 2.75) is 6.92 Å². The van der Waals surface area contributed by atoms with Crippen molar-refractivity contribution in [3.05, 3.63) is 52.0 Å². The van der Waals surface area contributed by atoms with Crippen LogP contribution in [0, 0.1) is 6.92 Å². The zero-order valence-electron chi connectivity index (χ0n) is 10.3. The van der Waals surface area contributed by atoms with Gasteiger partial charge >= 0.3 is 0 Å². The molecule has 2 aromatic rings. The molecule has 0 atom stereocenters. The predicted octanol–water partition coefficient (Wildman–Crippen LogP) is 3.23. The van der Waals surface area contributed by atoms with Crippen LogP contribution in [0.15, 0.2) is 40.9 Å². The van der Waals surface area contributed by atoms with Crippen molar-refractivity contribution < 1.29 is 9.53 Å². The number of halogens is 1. The van der Waals surface area contributed by atoms with Crippen LogP contribution in [0.1, 0.15) is 15.9 Å². The molecule has 4 nitrogen and oxygen atoms in total. The van der Waals surface area contributed by atoms with E-state index in [0.29, 0.717) is 22.7 Å². The first-order chi connectivity index (χ1) is 8.97. The third kappa shape index (κ3) is 3.06. The molecular weight excluding hydrogens is 308 g/mol. The predicted molar refractivity (Wildman–Crippen MR) is 78.3 cm³/mol. The molecule has 0 aliphatic rings. The van der Waals surface area contributed by atoms with Crippen molar-refractivity contribution in [2.24, 2.45) is 5.73 Å². The van der Waals surface area contributed by atoms with Crippen LogP contribution < -0.4 is 16.2 Å². The number of anilines is 1. The fourth-order valence-corrected chi connectivity index (χ4v) is 1.88. The number of benzene rings is 2. The van der Waals surface area contributed by atoms with E-state index in [-0.39, 0.29) is 0 Å². The summed E-state index contributed by atoms with van der Waals surface area (Å²) in [5.41, 5.74) is 12.8. The highest BCUT2D eigenvalue weighted by atomic mass is 79.9. The van der Waals surface area contributed by atoms with E-state index >= 15 is 0 Å². The molecule has 2 rings (SSSR count). The summed E-state index contributed by atoms with van der Waals surface area (Å²) < 4.78 is 6.67. The molecule has 1 amide bonds. The van der Waals surface area contributed by atoms with Gasteiger partial charge < -0.3 is 16.2 Å². The summed E-state index contributed by atoms with van der Waals surface area (Å²) >= 11 is 3.41. The minimum absolute atomic E-state index is 0.301. The second-order valence-corrected chi connectivity index (χ2v) is 4.99. The van der Waals surface area contributed by atoms with Crippen LogP contribution in [0.3, 0.4) is 0 Å². The van der Waals surface area contributed by atoms with E-state index in [1.54, 1.807) is 24.3 Å². The Labute approximate surface area is 119 Å². The molecule has 5 heteroatoms. The van der Waals surface area contributed by atoms with Crippen molar-refractivity contribution in [3.63, 3.8) is 0 Å². The number of nitrogens with two attached hydrogens (primary N) is 2. The lowest BCUT2D eigenvalue weighted by Gasteiger charge is -2.11. The van der Waals surface area contributed by atoms with E-state index < -0.39 is 5.91 Å². The first kappa shape index (κ1) is 13.4. The number of carbonyl (C=O) groups excluding carboxylic acids is 1. The van der Waals surface area contributed by atoms with Crippen LogP contribution in [0.5, 0.6) is 11.5 Å². The van der Waals surface area contributed by atoms with Gasteiger partial charge in [-0.25, -0.2) is 0 Å². The first-order valence-electron chi connectivity index (χ1n) is 5.60. The average Bonchev–Trinajstić information content (AvgIpc) is 2.33. The topological polar surface area (TPSA) is 78.3 Å². The summed E-state index contributed by atoms with van der Waals surface area (Å²) in [5.74, 6) is 0.423. The van der Waals surface area contributed by atoms with Gasteiger partial charge in [-0.05, 0) is 42.8 Å². The maximum absolute atomic E-state index is 11.3. The normalized spacial score (nSPS) is 10.2. The zero-order chi connectivity index (χ0) is 14.0. The number of ether oxygens (including phenoxy) is 1. The van der Waals surface area contributed by atoms with Crippen molar-refractivity contribution >= 4 is 27.5 Å². The van der Waals surface area contributed by atoms with E-state index in [4.69, 9.17) is 16.2 Å². The minimum Gasteiger partial charge on any atom is -0.456 e. The minimum atomic E-state index is -0.552. The number of aryl methyl sites for hydroxylation is 1. The van der Waals surface area contributed by atoms with Gasteiger partial charge in [0, 0.05) is 16.2 Å². The van der Waals surface area contributed by atoms with Crippen molar-refractivity contribution in [3.8, 4) is 11.5 Å². The van der Waals surface area contributed by atoms with Gasteiger partial charge in [0.05, 0.1) is 5.56 Å². The third-order valence-corrected chi connectivity index (χ3v) is 3.52. The quantitative estimate of drug-likeness (QED) is 0.852. The molecular formula is C14H13BrN2O2. The SMILES string of the molecule is Cc1cc(Oc2cc(N)ccc2C(N)=O)ccc1Br. The highest BCUT2D eigenvalue weighted by Crippen LogP contribution is 2.29. The summed E-state index contributed by atoms with van der Waals surface area (Å²) in [5, 5.41) is 0. The Morgan fingerprint density at radius 1 is 1.21 bits per heavy atom. The number of hydrogen-bond donors (Lipinski definition) is 2. The Balaban J connectivity index is 2.39. The number of rotatable bonds is 3. The van der Waals surface area contributed by atoms with Crippen LogP contribution in [0.25, 0.3) is 0 Å². The Bertz CT molecular complexity index is 641. The standard InChI is InChI=1S/C14H13BrN2O2/c1-8-6-10(3-5-12(8)15)19-13-7-9(16)2-4-11(13)14(17)18/h2-7H,16H2,1H3,(H2,17,18). The van der Waals surface area contributed by atoms with Gasteiger partial charge in [-0.1, -0.05) is 15.9 Å². The van der Waals surface area contributed by atoms with Gasteiger partial charge in [0.2, 0.25) is 0 Å². The molecule has 98 valence electrons. The second-order valence-electron chi connectivity index (χ2n) is 4.13. The lowest BCUT2D eigenvalue weighted by molar-refractivity contribution is 0.0998. The van der Waals surface area contributed by atoms with Crippen LogP contribution in [-0.4, -0.2) is 5.91 Å². The highest BCUT2D eigenvalue weighted by Gasteiger charge is 2.11. The van der Waals surface area contributed by atoms with E-state index in [9.17, 15) is 4.79 Å². The molecule has 2 aromatic carbocycles. The first-order valence-corrected chi connectivity index (χ1v) is 6.40. The van der Waals surface area contributed by atoms with Gasteiger partial charge in [0.1, 0.15) is 11.5 Å². The van der Waals surface area contributed by atoms with Crippen LogP contribution in [0.4, 0.5) is 5.69 Å². The molecule has 0 saturated heterocycles. The summed E-state index contributed by atoms with van der Waals surface area (Å²) in [4.78, 5) is 11.3. The van der Waals surface area contributed by atoms with Crippen molar-refractivity contribution in [1.82, 2.24) is 0 Å². The Hall–Kier alpha value is -2.01. The number of nitrogen functional groups attached to an aromatic ring is 1.